The third-order valence-corrected chi connectivity index (χ3v) is 2.93. The third kappa shape index (κ3) is 3.64. The molecule has 5 heteroatoms. The van der Waals surface area contributed by atoms with Crippen LogP contribution in [0, 0.1) is 27.3 Å². The predicted molar refractivity (Wildman–Crippen MR) is 82.1 cm³/mol. The number of benzene rings is 2. The van der Waals surface area contributed by atoms with Gasteiger partial charge in [-0.3, -0.25) is 10.1 Å². The number of rotatable bonds is 4. The van der Waals surface area contributed by atoms with Gasteiger partial charge in [-0.25, -0.2) is 4.39 Å². The molecular formula is C17H11FN2O2. The van der Waals surface area contributed by atoms with E-state index in [0.717, 1.165) is 0 Å². The lowest BCUT2D eigenvalue weighted by molar-refractivity contribution is -0.385. The van der Waals surface area contributed by atoms with Gasteiger partial charge in [0.25, 0.3) is 5.69 Å². The first-order valence-electron chi connectivity index (χ1n) is 6.39. The van der Waals surface area contributed by atoms with E-state index in [1.807, 2.05) is 6.07 Å². The second-order valence-electron chi connectivity index (χ2n) is 4.38. The fourth-order valence-corrected chi connectivity index (χ4v) is 1.90. The van der Waals surface area contributed by atoms with E-state index in [-0.39, 0.29) is 11.3 Å². The molecule has 0 heterocycles. The largest absolute Gasteiger partial charge is 0.276 e. The van der Waals surface area contributed by atoms with Crippen molar-refractivity contribution in [2.75, 3.05) is 0 Å². The number of allylic oxidation sites excluding steroid dienone is 3. The molecule has 4 nitrogen and oxygen atoms in total. The molecule has 0 saturated carbocycles. The molecule has 0 aliphatic heterocycles. The lowest BCUT2D eigenvalue weighted by atomic mass is 10.1. The van der Waals surface area contributed by atoms with Crippen LogP contribution < -0.4 is 0 Å². The first-order valence-corrected chi connectivity index (χ1v) is 6.39. The molecule has 0 aliphatic rings. The van der Waals surface area contributed by atoms with Crippen LogP contribution >= 0.6 is 0 Å². The quantitative estimate of drug-likeness (QED) is 0.364. The Kier molecular flexibility index (Phi) is 4.78. The van der Waals surface area contributed by atoms with Gasteiger partial charge in [0, 0.05) is 6.07 Å². The molecule has 108 valence electrons. The Hall–Kier alpha value is -3.26. The highest BCUT2D eigenvalue weighted by Crippen LogP contribution is 2.20. The second-order valence-corrected chi connectivity index (χ2v) is 4.38. The van der Waals surface area contributed by atoms with Crippen LogP contribution in [0.3, 0.4) is 0 Å². The van der Waals surface area contributed by atoms with E-state index < -0.39 is 10.7 Å². The summed E-state index contributed by atoms with van der Waals surface area (Å²) in [6.45, 7) is 0. The van der Waals surface area contributed by atoms with E-state index in [2.05, 4.69) is 0 Å². The summed E-state index contributed by atoms with van der Waals surface area (Å²) in [5.74, 6) is -0.429. The average molecular weight is 294 g/mol. The minimum Gasteiger partial charge on any atom is -0.258 e. The smallest absolute Gasteiger partial charge is 0.258 e. The number of halogens is 1. The normalized spacial score (nSPS) is 11.4. The first kappa shape index (κ1) is 15.1. The zero-order valence-electron chi connectivity index (χ0n) is 11.4. The van der Waals surface area contributed by atoms with Crippen LogP contribution in [0.1, 0.15) is 11.1 Å². The molecule has 2 aromatic carbocycles. The lowest BCUT2D eigenvalue weighted by Crippen LogP contribution is -1.90. The Balaban J connectivity index is 2.30. The number of nitrogens with zero attached hydrogens (tertiary/aromatic N) is 2. The van der Waals surface area contributed by atoms with Gasteiger partial charge >= 0.3 is 0 Å². The molecule has 22 heavy (non-hydrogen) atoms. The summed E-state index contributed by atoms with van der Waals surface area (Å²) in [5.41, 5.74) is 1.14. The maximum atomic E-state index is 13.2. The van der Waals surface area contributed by atoms with E-state index in [4.69, 9.17) is 5.26 Å². The zero-order valence-corrected chi connectivity index (χ0v) is 11.4. The van der Waals surface area contributed by atoms with E-state index >= 15 is 0 Å². The van der Waals surface area contributed by atoms with Gasteiger partial charge < -0.3 is 0 Å². The molecule has 0 atom stereocenters. The molecule has 0 aromatic heterocycles. The maximum absolute atomic E-state index is 13.2. The lowest BCUT2D eigenvalue weighted by Gasteiger charge is -1.98. The van der Waals surface area contributed by atoms with Crippen LogP contribution in [0.4, 0.5) is 10.1 Å². The standard InChI is InChI=1S/C17H11FN2O2/c18-16-9-4-7-14(11-16)15(12-19)8-3-6-13-5-1-2-10-17(13)20(21)22/h1-11H. The van der Waals surface area contributed by atoms with E-state index in [1.165, 1.54) is 42.5 Å². The van der Waals surface area contributed by atoms with E-state index in [0.29, 0.717) is 11.1 Å². The molecule has 0 aliphatic carbocycles. The number of hydrogen-bond acceptors (Lipinski definition) is 3. The molecule has 0 bridgehead atoms. The Bertz CT molecular complexity index is 804. The Morgan fingerprint density at radius 1 is 1.23 bits per heavy atom. The molecule has 0 unspecified atom stereocenters. The number of hydrogen-bond donors (Lipinski definition) is 0. The van der Waals surface area contributed by atoms with Crippen LogP contribution in [-0.4, -0.2) is 4.92 Å². The van der Waals surface area contributed by atoms with Gasteiger partial charge in [0.1, 0.15) is 5.82 Å². The van der Waals surface area contributed by atoms with Gasteiger partial charge in [-0.05, 0) is 35.9 Å². The summed E-state index contributed by atoms with van der Waals surface area (Å²) in [7, 11) is 0. The van der Waals surface area contributed by atoms with Gasteiger partial charge in [0.05, 0.1) is 22.1 Å². The summed E-state index contributed by atoms with van der Waals surface area (Å²) >= 11 is 0. The van der Waals surface area contributed by atoms with Crippen molar-refractivity contribution in [3.05, 3.63) is 87.7 Å². The fraction of sp³-hybridized carbons (Fsp3) is 0. The van der Waals surface area contributed by atoms with Gasteiger partial charge in [-0.2, -0.15) is 5.26 Å². The highest BCUT2D eigenvalue weighted by molar-refractivity contribution is 5.79. The highest BCUT2D eigenvalue weighted by Gasteiger charge is 2.08. The van der Waals surface area contributed by atoms with Gasteiger partial charge in [0.15, 0.2) is 0 Å². The minimum absolute atomic E-state index is 0.0172. The van der Waals surface area contributed by atoms with Crippen LogP contribution in [0.2, 0.25) is 0 Å². The summed E-state index contributed by atoms with van der Waals surface area (Å²) in [6, 6.07) is 13.9. The monoisotopic (exact) mass is 294 g/mol. The molecule has 0 amide bonds. The fourth-order valence-electron chi connectivity index (χ4n) is 1.90. The minimum atomic E-state index is -0.471. The molecular weight excluding hydrogens is 283 g/mol. The van der Waals surface area contributed by atoms with E-state index in [1.54, 1.807) is 24.3 Å². The average Bonchev–Trinajstić information content (AvgIpc) is 2.52. The third-order valence-electron chi connectivity index (χ3n) is 2.93. The number of nitriles is 1. The number of nitro groups is 1. The Morgan fingerprint density at radius 2 is 2.00 bits per heavy atom. The van der Waals surface area contributed by atoms with Crippen LogP contribution in [0.15, 0.2) is 60.7 Å². The maximum Gasteiger partial charge on any atom is 0.276 e. The van der Waals surface area contributed by atoms with Gasteiger partial charge in [-0.1, -0.05) is 30.3 Å². The summed E-state index contributed by atoms with van der Waals surface area (Å²) < 4.78 is 13.2. The Labute approximate surface area is 126 Å². The Morgan fingerprint density at radius 3 is 2.68 bits per heavy atom. The molecule has 0 N–H and O–H groups in total. The molecule has 0 fully saturated rings. The first-order chi connectivity index (χ1) is 10.6. The summed E-state index contributed by atoms with van der Waals surface area (Å²) in [6.07, 6.45) is 4.56. The van der Waals surface area contributed by atoms with Crippen molar-refractivity contribution >= 4 is 17.3 Å². The molecule has 0 radical (unpaired) electrons. The molecule has 0 spiro atoms. The van der Waals surface area contributed by atoms with Crippen molar-refractivity contribution in [3.8, 4) is 6.07 Å². The van der Waals surface area contributed by atoms with E-state index in [9.17, 15) is 14.5 Å². The van der Waals surface area contributed by atoms with Crippen molar-refractivity contribution in [1.29, 1.82) is 5.26 Å². The SMILES string of the molecule is N#CC(=CC=Cc1ccccc1[N+](=O)[O-])c1cccc(F)c1. The van der Waals surface area contributed by atoms with Crippen molar-refractivity contribution in [2.24, 2.45) is 0 Å². The summed E-state index contributed by atoms with van der Waals surface area (Å²) in [5, 5.41) is 20.0. The number of para-hydroxylation sites is 1. The van der Waals surface area contributed by atoms with Crippen molar-refractivity contribution in [1.82, 2.24) is 0 Å². The zero-order chi connectivity index (χ0) is 15.9. The molecule has 2 aromatic rings. The van der Waals surface area contributed by atoms with Crippen LogP contribution in [-0.2, 0) is 0 Å². The van der Waals surface area contributed by atoms with Crippen LogP contribution in [0.5, 0.6) is 0 Å². The number of nitro benzene ring substituents is 1. The predicted octanol–water partition coefficient (Wildman–Crippen LogP) is 4.35. The van der Waals surface area contributed by atoms with Gasteiger partial charge in [0.2, 0.25) is 0 Å². The van der Waals surface area contributed by atoms with Crippen molar-refractivity contribution < 1.29 is 9.31 Å². The van der Waals surface area contributed by atoms with Crippen molar-refractivity contribution in [3.63, 3.8) is 0 Å². The van der Waals surface area contributed by atoms with Gasteiger partial charge in [-0.15, -0.1) is 0 Å². The summed E-state index contributed by atoms with van der Waals surface area (Å²) in [4.78, 5) is 10.4. The second kappa shape index (κ2) is 6.95. The van der Waals surface area contributed by atoms with Crippen LogP contribution in [0.25, 0.3) is 11.6 Å². The molecule has 2 rings (SSSR count). The highest BCUT2D eigenvalue weighted by atomic mass is 19.1. The topological polar surface area (TPSA) is 66.9 Å². The van der Waals surface area contributed by atoms with Crippen molar-refractivity contribution in [2.45, 2.75) is 0 Å². The molecule has 0 saturated heterocycles.